The van der Waals surface area contributed by atoms with Crippen LogP contribution in [0.25, 0.3) is 0 Å². The average Bonchev–Trinajstić information content (AvgIpc) is 2.60. The SMILES string of the molecule is C[C@H](CN(C)Cc1ccccc1)OC(=O)c1cc(C(C)(C)C)cc(C(C)(C)C)c1. The van der Waals surface area contributed by atoms with Gasteiger partial charge in [0, 0.05) is 13.1 Å². The highest BCUT2D eigenvalue weighted by Crippen LogP contribution is 2.30. The van der Waals surface area contributed by atoms with Gasteiger partial charge in [-0.3, -0.25) is 4.90 Å². The molecule has 0 fully saturated rings. The number of likely N-dealkylation sites (N-methyl/N-ethyl adjacent to an activating group) is 1. The van der Waals surface area contributed by atoms with Gasteiger partial charge in [0.25, 0.3) is 0 Å². The molecule has 0 heterocycles. The molecule has 158 valence electrons. The first-order valence-corrected chi connectivity index (χ1v) is 10.5. The number of rotatable bonds is 6. The van der Waals surface area contributed by atoms with Gasteiger partial charge in [-0.1, -0.05) is 77.9 Å². The first-order chi connectivity index (χ1) is 13.4. The molecule has 2 aromatic rings. The van der Waals surface area contributed by atoms with E-state index in [-0.39, 0.29) is 22.9 Å². The van der Waals surface area contributed by atoms with Crippen LogP contribution in [-0.2, 0) is 22.1 Å². The fraction of sp³-hybridized carbons (Fsp3) is 0.500. The second-order valence-corrected chi connectivity index (χ2v) is 10.2. The van der Waals surface area contributed by atoms with Gasteiger partial charge in [-0.05, 0) is 53.6 Å². The van der Waals surface area contributed by atoms with Crippen LogP contribution >= 0.6 is 0 Å². The van der Waals surface area contributed by atoms with Crippen LogP contribution in [0.2, 0.25) is 0 Å². The van der Waals surface area contributed by atoms with Crippen LogP contribution in [0, 0.1) is 0 Å². The van der Waals surface area contributed by atoms with E-state index >= 15 is 0 Å². The Hall–Kier alpha value is -2.13. The molecule has 2 rings (SSSR count). The summed E-state index contributed by atoms with van der Waals surface area (Å²) in [6.07, 6.45) is -0.187. The van der Waals surface area contributed by atoms with Crippen LogP contribution in [0.4, 0.5) is 0 Å². The zero-order valence-electron chi connectivity index (χ0n) is 19.4. The summed E-state index contributed by atoms with van der Waals surface area (Å²) >= 11 is 0. The molecular formula is C26H37NO2. The molecule has 0 aliphatic carbocycles. The molecule has 0 unspecified atom stereocenters. The standard InChI is InChI=1S/C26H37NO2/c1-19(17-27(8)18-20-12-10-9-11-13-20)29-24(28)21-14-22(25(2,3)4)16-23(15-21)26(5,6)7/h9-16,19H,17-18H2,1-8H3/t19-/m1/s1. The van der Waals surface area contributed by atoms with E-state index in [2.05, 4.69) is 71.7 Å². The minimum atomic E-state index is -0.248. The Morgan fingerprint density at radius 2 is 1.45 bits per heavy atom. The van der Waals surface area contributed by atoms with Crippen LogP contribution in [0.15, 0.2) is 48.5 Å². The Bertz CT molecular complexity index is 781. The number of carbonyl (C=O) groups excluding carboxylic acids is 1. The quantitative estimate of drug-likeness (QED) is 0.565. The molecule has 0 spiro atoms. The van der Waals surface area contributed by atoms with E-state index in [0.29, 0.717) is 12.1 Å². The fourth-order valence-electron chi connectivity index (χ4n) is 3.30. The van der Waals surface area contributed by atoms with Crippen molar-refractivity contribution in [2.24, 2.45) is 0 Å². The van der Waals surface area contributed by atoms with E-state index in [1.165, 1.54) is 5.56 Å². The molecule has 3 heteroatoms. The van der Waals surface area contributed by atoms with Gasteiger partial charge in [0.15, 0.2) is 0 Å². The predicted molar refractivity (Wildman–Crippen MR) is 121 cm³/mol. The number of benzene rings is 2. The Labute approximate surface area is 177 Å². The van der Waals surface area contributed by atoms with Crippen LogP contribution in [0.5, 0.6) is 0 Å². The van der Waals surface area contributed by atoms with Gasteiger partial charge >= 0.3 is 5.97 Å². The minimum absolute atomic E-state index is 0.0300. The van der Waals surface area contributed by atoms with Gasteiger partial charge in [0.2, 0.25) is 0 Å². The van der Waals surface area contributed by atoms with Gasteiger partial charge < -0.3 is 4.74 Å². The number of esters is 1. The lowest BCUT2D eigenvalue weighted by molar-refractivity contribution is 0.0267. The fourth-order valence-corrected chi connectivity index (χ4v) is 3.30. The summed E-state index contributed by atoms with van der Waals surface area (Å²) in [6, 6.07) is 16.5. The normalized spacial score (nSPS) is 13.4. The second-order valence-electron chi connectivity index (χ2n) is 10.2. The van der Waals surface area contributed by atoms with Gasteiger partial charge in [-0.2, -0.15) is 0 Å². The summed E-state index contributed by atoms with van der Waals surface area (Å²) < 4.78 is 5.80. The number of nitrogens with zero attached hydrogens (tertiary/aromatic N) is 1. The van der Waals surface area contributed by atoms with Gasteiger partial charge in [-0.25, -0.2) is 4.79 Å². The molecule has 1 atom stereocenters. The lowest BCUT2D eigenvalue weighted by Crippen LogP contribution is -2.30. The monoisotopic (exact) mass is 395 g/mol. The number of hydrogen-bond donors (Lipinski definition) is 0. The maximum Gasteiger partial charge on any atom is 0.338 e. The first kappa shape index (κ1) is 23.2. The third-order valence-electron chi connectivity index (χ3n) is 5.07. The summed E-state index contributed by atoms with van der Waals surface area (Å²) in [7, 11) is 2.05. The van der Waals surface area contributed by atoms with E-state index in [1.807, 2.05) is 37.3 Å². The van der Waals surface area contributed by atoms with Crippen molar-refractivity contribution in [2.75, 3.05) is 13.6 Å². The number of ether oxygens (including phenoxy) is 1. The zero-order chi connectivity index (χ0) is 21.8. The maximum atomic E-state index is 12.9. The molecule has 0 saturated heterocycles. The Morgan fingerprint density at radius 1 is 0.931 bits per heavy atom. The zero-order valence-corrected chi connectivity index (χ0v) is 19.4. The average molecular weight is 396 g/mol. The van der Waals surface area contributed by atoms with Crippen molar-refractivity contribution in [3.8, 4) is 0 Å². The van der Waals surface area contributed by atoms with Gasteiger partial charge in [0.1, 0.15) is 6.10 Å². The van der Waals surface area contributed by atoms with Crippen molar-refractivity contribution in [1.29, 1.82) is 0 Å². The minimum Gasteiger partial charge on any atom is -0.458 e. The highest BCUT2D eigenvalue weighted by atomic mass is 16.5. The first-order valence-electron chi connectivity index (χ1n) is 10.5. The molecule has 0 aromatic heterocycles. The molecule has 0 aliphatic heterocycles. The summed E-state index contributed by atoms with van der Waals surface area (Å²) in [5.74, 6) is -0.248. The van der Waals surface area contributed by atoms with Gasteiger partial charge in [0.05, 0.1) is 5.56 Å². The van der Waals surface area contributed by atoms with Crippen molar-refractivity contribution < 1.29 is 9.53 Å². The van der Waals surface area contributed by atoms with Crippen molar-refractivity contribution in [1.82, 2.24) is 4.90 Å². The highest BCUT2D eigenvalue weighted by Gasteiger charge is 2.23. The van der Waals surface area contributed by atoms with Crippen LogP contribution in [0.3, 0.4) is 0 Å². The lowest BCUT2D eigenvalue weighted by atomic mass is 9.79. The Kier molecular flexibility index (Phi) is 7.29. The summed E-state index contributed by atoms with van der Waals surface area (Å²) in [5, 5.41) is 0. The molecule has 0 bridgehead atoms. The smallest absolute Gasteiger partial charge is 0.338 e. The Morgan fingerprint density at radius 3 is 1.93 bits per heavy atom. The Balaban J connectivity index is 2.10. The molecule has 3 nitrogen and oxygen atoms in total. The molecular weight excluding hydrogens is 358 g/mol. The third kappa shape index (κ3) is 7.01. The number of carbonyl (C=O) groups is 1. The molecule has 0 aliphatic rings. The lowest BCUT2D eigenvalue weighted by Gasteiger charge is -2.26. The molecule has 29 heavy (non-hydrogen) atoms. The van der Waals surface area contributed by atoms with E-state index in [1.54, 1.807) is 0 Å². The maximum absolute atomic E-state index is 12.9. The highest BCUT2D eigenvalue weighted by molar-refractivity contribution is 5.90. The van der Waals surface area contributed by atoms with E-state index in [9.17, 15) is 4.79 Å². The van der Waals surface area contributed by atoms with E-state index in [4.69, 9.17) is 4.74 Å². The third-order valence-corrected chi connectivity index (χ3v) is 5.07. The van der Waals surface area contributed by atoms with Crippen molar-refractivity contribution >= 4 is 5.97 Å². The van der Waals surface area contributed by atoms with E-state index < -0.39 is 0 Å². The topological polar surface area (TPSA) is 29.5 Å². The summed E-state index contributed by atoms with van der Waals surface area (Å²) in [6.45, 7) is 16.5. The van der Waals surface area contributed by atoms with Crippen LogP contribution < -0.4 is 0 Å². The number of hydrogen-bond acceptors (Lipinski definition) is 3. The predicted octanol–water partition coefficient (Wildman–Crippen LogP) is 5.96. The molecule has 2 aromatic carbocycles. The van der Waals surface area contributed by atoms with Crippen LogP contribution in [-0.4, -0.2) is 30.6 Å². The molecule has 0 amide bonds. The van der Waals surface area contributed by atoms with Crippen LogP contribution in [0.1, 0.15) is 75.5 Å². The summed E-state index contributed by atoms with van der Waals surface area (Å²) in [5.41, 5.74) is 4.15. The molecule has 0 N–H and O–H groups in total. The van der Waals surface area contributed by atoms with Gasteiger partial charge in [-0.15, -0.1) is 0 Å². The van der Waals surface area contributed by atoms with E-state index in [0.717, 1.165) is 17.7 Å². The molecule has 0 saturated carbocycles. The van der Waals surface area contributed by atoms with Crippen molar-refractivity contribution in [3.05, 3.63) is 70.8 Å². The van der Waals surface area contributed by atoms with Crippen molar-refractivity contribution in [3.63, 3.8) is 0 Å². The molecule has 0 radical (unpaired) electrons. The largest absolute Gasteiger partial charge is 0.458 e. The second kappa shape index (κ2) is 9.13. The summed E-state index contributed by atoms with van der Waals surface area (Å²) in [4.78, 5) is 15.1. The van der Waals surface area contributed by atoms with Crippen molar-refractivity contribution in [2.45, 2.75) is 71.9 Å².